The van der Waals surface area contributed by atoms with Crippen LogP contribution < -0.4 is 24.8 Å². The molecule has 3 aromatic heterocycles. The van der Waals surface area contributed by atoms with Crippen LogP contribution in [0.4, 0.5) is 0 Å². The van der Waals surface area contributed by atoms with Crippen molar-refractivity contribution in [2.75, 3.05) is 0 Å². The van der Waals surface area contributed by atoms with Gasteiger partial charge in [-0.25, -0.2) is 4.98 Å². The molecule has 3 aromatic rings. The number of aromatic nitrogens is 3. The second-order valence-electron chi connectivity index (χ2n) is 3.84. The van der Waals surface area contributed by atoms with Crippen molar-refractivity contribution in [3.05, 3.63) is 67.0 Å². The van der Waals surface area contributed by atoms with Gasteiger partial charge in [0.15, 0.2) is 0 Å². The largest absolute Gasteiger partial charge is 2.00 e. The molecular weight excluding hydrogens is 352 g/mol. The molecule has 21 heavy (non-hydrogen) atoms. The molecule has 0 saturated heterocycles. The van der Waals surface area contributed by atoms with Crippen molar-refractivity contribution >= 4 is 0 Å². The van der Waals surface area contributed by atoms with Crippen molar-refractivity contribution in [2.45, 2.75) is 0 Å². The molecule has 3 rings (SSSR count). The van der Waals surface area contributed by atoms with Gasteiger partial charge in [-0.3, -0.25) is 9.97 Å². The molecule has 0 aliphatic heterocycles. The third-order valence-corrected chi connectivity index (χ3v) is 2.60. The molecule has 3 heterocycles. The molecule has 0 N–H and O–H groups in total. The second kappa shape index (κ2) is 9.47. The minimum Gasteiger partial charge on any atom is -1.00 e. The van der Waals surface area contributed by atoms with Crippen LogP contribution in [-0.2, 0) is 16.8 Å². The molecule has 3 nitrogen and oxygen atoms in total. The Labute approximate surface area is 146 Å². The minimum absolute atomic E-state index is 0. The quantitative estimate of drug-likeness (QED) is 0.494. The third kappa shape index (κ3) is 4.79. The normalized spacial score (nSPS) is 8.76. The van der Waals surface area contributed by atoms with E-state index in [2.05, 4.69) is 15.0 Å². The van der Waals surface area contributed by atoms with Crippen molar-refractivity contribution in [3.63, 3.8) is 0 Å². The van der Waals surface area contributed by atoms with Gasteiger partial charge in [-0.2, -0.15) is 0 Å². The van der Waals surface area contributed by atoms with Crippen LogP contribution in [0, 0.1) is 0 Å². The summed E-state index contributed by atoms with van der Waals surface area (Å²) in [6.45, 7) is 0. The molecule has 1 radical (unpaired) electrons. The van der Waals surface area contributed by atoms with E-state index < -0.39 is 0 Å². The maximum absolute atomic E-state index is 4.59. The van der Waals surface area contributed by atoms with Gasteiger partial charge >= 0.3 is 16.8 Å². The molecule has 0 aliphatic carbocycles. The number of hydrogen-bond acceptors (Lipinski definition) is 3. The Morgan fingerprint density at radius 3 is 1.33 bits per heavy atom. The molecule has 0 fully saturated rings. The van der Waals surface area contributed by atoms with Crippen molar-refractivity contribution in [3.8, 4) is 22.8 Å². The molecule has 0 atom stereocenters. The maximum Gasteiger partial charge on any atom is 2.00 e. The molecular formula is C15H11Cl2CoN3. The van der Waals surface area contributed by atoms with Gasteiger partial charge in [0.1, 0.15) is 0 Å². The molecule has 0 spiro atoms. The first-order chi connectivity index (χ1) is 8.93. The van der Waals surface area contributed by atoms with Crippen LogP contribution in [0.3, 0.4) is 0 Å². The summed E-state index contributed by atoms with van der Waals surface area (Å²) in [5, 5.41) is 0. The molecule has 0 bridgehead atoms. The minimum atomic E-state index is 0. The predicted octanol–water partition coefficient (Wildman–Crippen LogP) is -2.79. The first-order valence-corrected chi connectivity index (χ1v) is 5.73. The molecule has 0 aliphatic rings. The molecule has 0 aromatic carbocycles. The molecule has 6 heteroatoms. The zero-order valence-electron chi connectivity index (χ0n) is 10.8. The second-order valence-corrected chi connectivity index (χ2v) is 3.84. The van der Waals surface area contributed by atoms with E-state index in [4.69, 9.17) is 0 Å². The summed E-state index contributed by atoms with van der Waals surface area (Å²) >= 11 is 0. The van der Waals surface area contributed by atoms with Crippen molar-refractivity contribution in [1.82, 2.24) is 15.0 Å². The first-order valence-electron chi connectivity index (χ1n) is 5.73. The monoisotopic (exact) mass is 362 g/mol. The van der Waals surface area contributed by atoms with Gasteiger partial charge in [0.25, 0.3) is 0 Å². The van der Waals surface area contributed by atoms with Crippen LogP contribution in [0.15, 0.2) is 67.0 Å². The predicted molar refractivity (Wildman–Crippen MR) is 70.7 cm³/mol. The Morgan fingerprint density at radius 2 is 0.952 bits per heavy atom. The number of hydrogen-bond donors (Lipinski definition) is 0. The van der Waals surface area contributed by atoms with E-state index in [-0.39, 0.29) is 41.6 Å². The molecule has 0 unspecified atom stereocenters. The summed E-state index contributed by atoms with van der Waals surface area (Å²) in [4.78, 5) is 13.2. The smallest absolute Gasteiger partial charge is 1.00 e. The van der Waals surface area contributed by atoms with Gasteiger partial charge in [0.2, 0.25) is 0 Å². The van der Waals surface area contributed by atoms with Gasteiger partial charge in [0, 0.05) is 12.4 Å². The van der Waals surface area contributed by atoms with E-state index in [1.54, 1.807) is 12.4 Å². The Balaban J connectivity index is 0.00000133. The number of halogens is 2. The van der Waals surface area contributed by atoms with E-state index in [9.17, 15) is 0 Å². The Bertz CT molecular complexity index is 597. The van der Waals surface area contributed by atoms with Gasteiger partial charge in [0.05, 0.1) is 22.8 Å². The zero-order chi connectivity index (χ0) is 12.2. The Kier molecular flexibility index (Phi) is 8.81. The van der Waals surface area contributed by atoms with Gasteiger partial charge < -0.3 is 24.8 Å². The van der Waals surface area contributed by atoms with Crippen molar-refractivity contribution in [1.29, 1.82) is 0 Å². The van der Waals surface area contributed by atoms with Gasteiger partial charge in [-0.15, -0.1) is 0 Å². The van der Waals surface area contributed by atoms with E-state index in [1.165, 1.54) is 0 Å². The number of pyridine rings is 3. The summed E-state index contributed by atoms with van der Waals surface area (Å²) < 4.78 is 0. The van der Waals surface area contributed by atoms with Crippen LogP contribution in [-0.4, -0.2) is 15.0 Å². The summed E-state index contributed by atoms with van der Waals surface area (Å²) in [5.74, 6) is 0. The van der Waals surface area contributed by atoms with Crippen molar-refractivity contribution < 1.29 is 41.6 Å². The molecule has 0 amide bonds. The SMILES string of the molecule is [Cl-].[Cl-].[Co+2].c1ccc(-c2cccc(-c3ccccn3)n2)nc1. The molecule has 109 valence electrons. The number of rotatable bonds is 2. The van der Waals surface area contributed by atoms with Crippen molar-refractivity contribution in [2.24, 2.45) is 0 Å². The van der Waals surface area contributed by atoms with Crippen LogP contribution in [0.25, 0.3) is 22.8 Å². The van der Waals surface area contributed by atoms with Crippen LogP contribution in [0.2, 0.25) is 0 Å². The standard InChI is InChI=1S/C15H11N3.2ClH.Co/c1-3-10-16-12(6-1)14-8-5-9-15(18-14)13-7-2-4-11-17-13;;;/h1-11H;2*1H;/q;;;+2/p-2. The van der Waals surface area contributed by atoms with Crippen LogP contribution in [0.1, 0.15) is 0 Å². The first kappa shape index (κ1) is 19.5. The van der Waals surface area contributed by atoms with Gasteiger partial charge in [-0.05, 0) is 36.4 Å². The fraction of sp³-hybridized carbons (Fsp3) is 0. The third-order valence-electron chi connectivity index (χ3n) is 2.60. The van der Waals surface area contributed by atoms with Gasteiger partial charge in [-0.1, -0.05) is 18.2 Å². The van der Waals surface area contributed by atoms with E-state index in [1.807, 2.05) is 54.6 Å². The Morgan fingerprint density at radius 1 is 0.524 bits per heavy atom. The van der Waals surface area contributed by atoms with Crippen LogP contribution in [0.5, 0.6) is 0 Å². The summed E-state index contributed by atoms with van der Waals surface area (Å²) in [6, 6.07) is 17.5. The topological polar surface area (TPSA) is 38.7 Å². The Hall–Kier alpha value is -1.46. The van der Waals surface area contributed by atoms with Crippen LogP contribution >= 0.6 is 0 Å². The molecule has 0 saturated carbocycles. The fourth-order valence-corrected chi connectivity index (χ4v) is 1.75. The summed E-state index contributed by atoms with van der Waals surface area (Å²) in [7, 11) is 0. The zero-order valence-corrected chi connectivity index (χ0v) is 13.3. The maximum atomic E-state index is 4.59. The average Bonchev–Trinajstić information content (AvgIpc) is 2.49. The van der Waals surface area contributed by atoms with E-state index in [0.29, 0.717) is 0 Å². The fourth-order valence-electron chi connectivity index (χ4n) is 1.75. The average molecular weight is 363 g/mol. The van der Waals surface area contributed by atoms with E-state index >= 15 is 0 Å². The summed E-state index contributed by atoms with van der Waals surface area (Å²) in [6.07, 6.45) is 3.54. The summed E-state index contributed by atoms with van der Waals surface area (Å²) in [5.41, 5.74) is 3.46. The number of nitrogens with zero attached hydrogens (tertiary/aromatic N) is 3. The van der Waals surface area contributed by atoms with E-state index in [0.717, 1.165) is 22.8 Å².